The Balaban J connectivity index is 2.28. The third-order valence-corrected chi connectivity index (χ3v) is 3.66. The lowest BCUT2D eigenvalue weighted by Crippen LogP contribution is -1.94. The zero-order valence-corrected chi connectivity index (χ0v) is 13.3. The summed E-state index contributed by atoms with van der Waals surface area (Å²) in [6, 6.07) is 11.3. The molecule has 0 fully saturated rings. The van der Waals surface area contributed by atoms with Crippen LogP contribution >= 0.6 is 15.9 Å². The summed E-state index contributed by atoms with van der Waals surface area (Å²) in [6.45, 7) is 3.73. The topological polar surface area (TPSA) is 38.7 Å². The van der Waals surface area contributed by atoms with Crippen molar-refractivity contribution < 1.29 is 14.6 Å². The number of benzene rings is 2. The van der Waals surface area contributed by atoms with Crippen LogP contribution in [0.5, 0.6) is 17.2 Å². The predicted octanol–water partition coefficient (Wildman–Crippen LogP) is 4.61. The maximum Gasteiger partial charge on any atom is 0.169 e. The van der Waals surface area contributed by atoms with Gasteiger partial charge in [-0.2, -0.15) is 0 Å². The van der Waals surface area contributed by atoms with Gasteiger partial charge < -0.3 is 14.6 Å². The van der Waals surface area contributed by atoms with E-state index in [4.69, 9.17) is 9.47 Å². The first kappa shape index (κ1) is 14.9. The first-order chi connectivity index (χ1) is 9.51. The summed E-state index contributed by atoms with van der Waals surface area (Å²) in [4.78, 5) is 0. The normalized spacial score (nSPS) is 12.1. The van der Waals surface area contributed by atoms with Crippen molar-refractivity contribution >= 4 is 15.9 Å². The standard InChI is InChI=1S/C16H17BrO3/c1-10-4-7-15(16(8-10)19-3)20-12-5-6-13(11(2)18)14(17)9-12/h4-9,11,18H,1-3H3/t11-/m0/s1. The van der Waals surface area contributed by atoms with E-state index in [1.54, 1.807) is 14.0 Å². The molecular weight excluding hydrogens is 320 g/mol. The first-order valence-electron chi connectivity index (χ1n) is 6.31. The summed E-state index contributed by atoms with van der Waals surface area (Å²) < 4.78 is 12.0. The van der Waals surface area contributed by atoms with Crippen LogP contribution in [0.2, 0.25) is 0 Å². The monoisotopic (exact) mass is 336 g/mol. The minimum Gasteiger partial charge on any atom is -0.493 e. The molecule has 1 atom stereocenters. The Morgan fingerprint density at radius 2 is 1.85 bits per heavy atom. The van der Waals surface area contributed by atoms with Crippen LogP contribution in [0.3, 0.4) is 0 Å². The van der Waals surface area contributed by atoms with Crippen LogP contribution in [0.15, 0.2) is 40.9 Å². The van der Waals surface area contributed by atoms with Gasteiger partial charge in [0.15, 0.2) is 11.5 Å². The summed E-state index contributed by atoms with van der Waals surface area (Å²) in [5.74, 6) is 2.04. The van der Waals surface area contributed by atoms with E-state index in [2.05, 4.69) is 15.9 Å². The van der Waals surface area contributed by atoms with Gasteiger partial charge in [0.2, 0.25) is 0 Å². The van der Waals surface area contributed by atoms with Gasteiger partial charge in [-0.15, -0.1) is 0 Å². The highest BCUT2D eigenvalue weighted by atomic mass is 79.9. The predicted molar refractivity (Wildman–Crippen MR) is 82.6 cm³/mol. The molecule has 0 saturated carbocycles. The zero-order chi connectivity index (χ0) is 14.7. The molecule has 2 aromatic rings. The van der Waals surface area contributed by atoms with E-state index in [0.717, 1.165) is 15.6 Å². The fourth-order valence-electron chi connectivity index (χ4n) is 1.90. The maximum atomic E-state index is 9.61. The Bertz CT molecular complexity index is 609. The number of aryl methyl sites for hydroxylation is 1. The average Bonchev–Trinajstić information content (AvgIpc) is 2.40. The molecule has 0 radical (unpaired) electrons. The zero-order valence-electron chi connectivity index (χ0n) is 11.7. The number of hydrogen-bond acceptors (Lipinski definition) is 3. The summed E-state index contributed by atoms with van der Waals surface area (Å²) in [6.07, 6.45) is -0.521. The van der Waals surface area contributed by atoms with Crippen LogP contribution in [-0.2, 0) is 0 Å². The van der Waals surface area contributed by atoms with Gasteiger partial charge in [0.1, 0.15) is 5.75 Å². The van der Waals surface area contributed by atoms with Crippen molar-refractivity contribution in [1.29, 1.82) is 0 Å². The molecule has 4 heteroatoms. The molecule has 0 amide bonds. The molecule has 0 aliphatic rings. The number of aliphatic hydroxyl groups is 1. The maximum absolute atomic E-state index is 9.61. The van der Waals surface area contributed by atoms with E-state index < -0.39 is 6.10 Å². The van der Waals surface area contributed by atoms with Crippen molar-refractivity contribution in [2.24, 2.45) is 0 Å². The van der Waals surface area contributed by atoms with Crippen LogP contribution in [-0.4, -0.2) is 12.2 Å². The number of ether oxygens (including phenoxy) is 2. The second-order valence-corrected chi connectivity index (χ2v) is 5.47. The Morgan fingerprint density at radius 3 is 2.45 bits per heavy atom. The van der Waals surface area contributed by atoms with Crippen LogP contribution < -0.4 is 9.47 Å². The van der Waals surface area contributed by atoms with E-state index >= 15 is 0 Å². The van der Waals surface area contributed by atoms with E-state index in [1.165, 1.54) is 0 Å². The molecule has 3 nitrogen and oxygen atoms in total. The van der Waals surface area contributed by atoms with Crippen molar-refractivity contribution in [3.05, 3.63) is 52.0 Å². The quantitative estimate of drug-likeness (QED) is 0.885. The Kier molecular flexibility index (Phi) is 4.68. The highest BCUT2D eigenvalue weighted by Gasteiger charge is 2.10. The molecule has 20 heavy (non-hydrogen) atoms. The minimum atomic E-state index is -0.521. The second-order valence-electron chi connectivity index (χ2n) is 4.62. The van der Waals surface area contributed by atoms with E-state index in [-0.39, 0.29) is 0 Å². The molecule has 0 bridgehead atoms. The van der Waals surface area contributed by atoms with E-state index in [9.17, 15) is 5.11 Å². The fraction of sp³-hybridized carbons (Fsp3) is 0.250. The summed E-state index contributed by atoms with van der Waals surface area (Å²) >= 11 is 3.44. The Morgan fingerprint density at radius 1 is 1.10 bits per heavy atom. The van der Waals surface area contributed by atoms with Gasteiger partial charge in [-0.1, -0.05) is 28.1 Å². The lowest BCUT2D eigenvalue weighted by atomic mass is 10.1. The van der Waals surface area contributed by atoms with Gasteiger partial charge >= 0.3 is 0 Å². The molecule has 106 valence electrons. The number of rotatable bonds is 4. The van der Waals surface area contributed by atoms with Crippen LogP contribution in [0.1, 0.15) is 24.2 Å². The molecule has 0 aliphatic carbocycles. The molecule has 0 saturated heterocycles. The van der Waals surface area contributed by atoms with Gasteiger partial charge in [-0.3, -0.25) is 0 Å². The SMILES string of the molecule is COc1cc(C)ccc1Oc1ccc([C@H](C)O)c(Br)c1. The van der Waals surface area contributed by atoms with Gasteiger partial charge in [0.25, 0.3) is 0 Å². The van der Waals surface area contributed by atoms with Gasteiger partial charge in [-0.25, -0.2) is 0 Å². The van der Waals surface area contributed by atoms with Crippen LogP contribution in [0.25, 0.3) is 0 Å². The van der Waals surface area contributed by atoms with E-state index in [1.807, 2.05) is 43.3 Å². The molecule has 2 aromatic carbocycles. The Labute approximate surface area is 127 Å². The fourth-order valence-corrected chi connectivity index (χ4v) is 2.59. The molecule has 0 aliphatic heterocycles. The molecule has 2 rings (SSSR count). The van der Waals surface area contributed by atoms with Gasteiger partial charge in [-0.05, 0) is 49.2 Å². The van der Waals surface area contributed by atoms with Crippen LogP contribution in [0.4, 0.5) is 0 Å². The third kappa shape index (κ3) is 3.32. The third-order valence-electron chi connectivity index (χ3n) is 2.97. The van der Waals surface area contributed by atoms with Crippen molar-refractivity contribution in [3.63, 3.8) is 0 Å². The van der Waals surface area contributed by atoms with Crippen molar-refractivity contribution in [1.82, 2.24) is 0 Å². The van der Waals surface area contributed by atoms with Crippen molar-refractivity contribution in [3.8, 4) is 17.2 Å². The Hall–Kier alpha value is -1.52. The highest BCUT2D eigenvalue weighted by Crippen LogP contribution is 2.34. The van der Waals surface area contributed by atoms with Crippen molar-refractivity contribution in [2.75, 3.05) is 7.11 Å². The lowest BCUT2D eigenvalue weighted by Gasteiger charge is -2.13. The average molecular weight is 337 g/mol. The van der Waals surface area contributed by atoms with E-state index in [0.29, 0.717) is 17.2 Å². The summed E-state index contributed by atoms with van der Waals surface area (Å²) in [5.41, 5.74) is 1.94. The number of hydrogen-bond donors (Lipinski definition) is 1. The van der Waals surface area contributed by atoms with Gasteiger partial charge in [0.05, 0.1) is 13.2 Å². The molecule has 0 spiro atoms. The number of aliphatic hydroxyl groups excluding tert-OH is 1. The second kappa shape index (κ2) is 6.29. The number of methoxy groups -OCH3 is 1. The first-order valence-corrected chi connectivity index (χ1v) is 7.10. The number of halogens is 1. The largest absolute Gasteiger partial charge is 0.493 e. The molecule has 0 aromatic heterocycles. The van der Waals surface area contributed by atoms with Crippen LogP contribution in [0, 0.1) is 6.92 Å². The minimum absolute atomic E-state index is 0.521. The van der Waals surface area contributed by atoms with Crippen molar-refractivity contribution in [2.45, 2.75) is 20.0 Å². The molecule has 0 unspecified atom stereocenters. The molecule has 1 N–H and O–H groups in total. The molecule has 0 heterocycles. The smallest absolute Gasteiger partial charge is 0.169 e. The summed E-state index contributed by atoms with van der Waals surface area (Å²) in [5, 5.41) is 9.61. The lowest BCUT2D eigenvalue weighted by molar-refractivity contribution is 0.198. The highest BCUT2D eigenvalue weighted by molar-refractivity contribution is 9.10. The summed E-state index contributed by atoms with van der Waals surface area (Å²) in [7, 11) is 1.62. The van der Waals surface area contributed by atoms with Gasteiger partial charge in [0, 0.05) is 4.47 Å². The molecular formula is C16H17BrO3.